The number of phenolic OH excluding ortho intramolecular Hbond substituents is 1. The predicted molar refractivity (Wildman–Crippen MR) is 162 cm³/mol. The molecule has 44 heavy (non-hydrogen) atoms. The fourth-order valence-corrected chi connectivity index (χ4v) is 8.17. The number of aromatic hydroxyl groups is 1. The highest BCUT2D eigenvalue weighted by Crippen LogP contribution is 2.46. The Morgan fingerprint density at radius 1 is 1.14 bits per heavy atom. The average Bonchev–Trinajstić information content (AvgIpc) is 3.37. The number of halogens is 1. The lowest BCUT2D eigenvalue weighted by molar-refractivity contribution is 0.108. The van der Waals surface area contributed by atoms with Crippen molar-refractivity contribution in [2.45, 2.75) is 62.4 Å². The van der Waals surface area contributed by atoms with Gasteiger partial charge in [0.1, 0.15) is 41.4 Å². The Kier molecular flexibility index (Phi) is 6.88. The van der Waals surface area contributed by atoms with Crippen LogP contribution in [0.25, 0.3) is 22.2 Å². The summed E-state index contributed by atoms with van der Waals surface area (Å²) in [4.78, 5) is 18.9. The van der Waals surface area contributed by atoms with E-state index < -0.39 is 5.82 Å². The van der Waals surface area contributed by atoms with Gasteiger partial charge in [0, 0.05) is 37.8 Å². The Labute approximate surface area is 255 Å². The lowest BCUT2D eigenvalue weighted by atomic mass is 9.79. The lowest BCUT2D eigenvalue weighted by Crippen LogP contribution is -2.43. The highest BCUT2D eigenvalue weighted by molar-refractivity contribution is 5.97. The topological polar surface area (TPSA) is 113 Å². The minimum atomic E-state index is -0.629. The molecule has 8 rings (SSSR count). The van der Waals surface area contributed by atoms with Gasteiger partial charge < -0.3 is 29.3 Å². The summed E-state index contributed by atoms with van der Waals surface area (Å²) in [7, 11) is 0. The van der Waals surface area contributed by atoms with Crippen LogP contribution in [-0.4, -0.2) is 94.3 Å². The molecule has 1 aliphatic carbocycles. The second-order valence-corrected chi connectivity index (χ2v) is 13.0. The first kappa shape index (κ1) is 28.0. The highest BCUT2D eigenvalue weighted by atomic mass is 19.1. The van der Waals surface area contributed by atoms with E-state index in [1.807, 2.05) is 0 Å². The monoisotopic (exact) mass is 603 g/mol. The van der Waals surface area contributed by atoms with Crippen LogP contribution in [0.5, 0.6) is 17.6 Å². The molecule has 3 aromatic rings. The molecule has 0 amide bonds. The van der Waals surface area contributed by atoms with Crippen molar-refractivity contribution in [3.63, 3.8) is 0 Å². The number of rotatable bonds is 5. The molecule has 2 aromatic heterocycles. The summed E-state index contributed by atoms with van der Waals surface area (Å²) in [5.74, 6) is -0.00567. The summed E-state index contributed by atoms with van der Waals surface area (Å²) in [5, 5.41) is 21.3. The van der Waals surface area contributed by atoms with Crippen LogP contribution in [0.1, 0.15) is 55.6 Å². The molecule has 5 aliphatic rings. The number of aliphatic hydroxyl groups excluding tert-OH is 1. The highest BCUT2D eigenvalue weighted by Gasteiger charge is 2.47. The number of benzene rings is 1. The fraction of sp³-hybridized carbons (Fsp3) is 0.545. The van der Waals surface area contributed by atoms with E-state index in [2.05, 4.69) is 16.4 Å². The molecule has 232 valence electrons. The number of aromatic nitrogens is 3. The lowest BCUT2D eigenvalue weighted by Gasteiger charge is -2.31. The number of nitrogens with zero attached hydrogens (tertiary/aromatic N) is 5. The zero-order valence-electron chi connectivity index (χ0n) is 24.9. The van der Waals surface area contributed by atoms with Crippen molar-refractivity contribution < 1.29 is 28.8 Å². The Bertz CT molecular complexity index is 1650. The van der Waals surface area contributed by atoms with E-state index in [1.165, 1.54) is 11.6 Å². The van der Waals surface area contributed by atoms with Gasteiger partial charge >= 0.3 is 6.01 Å². The first-order valence-electron chi connectivity index (χ1n) is 15.8. The van der Waals surface area contributed by atoms with Crippen LogP contribution < -0.4 is 14.4 Å². The van der Waals surface area contributed by atoms with Crippen molar-refractivity contribution in [3.8, 4) is 28.9 Å². The maximum absolute atomic E-state index is 17.0. The van der Waals surface area contributed by atoms with Crippen molar-refractivity contribution >= 4 is 16.7 Å². The number of fused-ring (bicyclic) bond motifs is 4. The van der Waals surface area contributed by atoms with Crippen LogP contribution in [0.4, 0.5) is 10.2 Å². The molecular weight excluding hydrogens is 565 g/mol. The number of aryl methyl sites for hydroxylation is 1. The molecule has 2 N–H and O–H groups in total. The zero-order chi connectivity index (χ0) is 30.0. The largest absolute Gasteiger partial charge is 0.508 e. The number of aliphatic hydroxyl groups is 1. The van der Waals surface area contributed by atoms with E-state index in [1.54, 1.807) is 6.07 Å². The second-order valence-electron chi connectivity index (χ2n) is 13.0. The number of ether oxygens (including phenoxy) is 3. The van der Waals surface area contributed by atoms with Gasteiger partial charge in [-0.1, -0.05) is 12.2 Å². The number of phenols is 1. The van der Waals surface area contributed by atoms with Gasteiger partial charge in [0.15, 0.2) is 5.82 Å². The SMILES string of the molecule is C=C1CN2CCC[C@@]2(COc2nc3c4c(nc(-c5cc(O)cc6c5[C@H](CO)CCC6)c(F)c4n2)OC[C@@H]2COCCCN32)C1. The van der Waals surface area contributed by atoms with E-state index >= 15 is 4.39 Å². The molecule has 0 bridgehead atoms. The third-order valence-corrected chi connectivity index (χ3v) is 10.2. The summed E-state index contributed by atoms with van der Waals surface area (Å²) < 4.78 is 35.5. The third kappa shape index (κ3) is 4.50. The van der Waals surface area contributed by atoms with Crippen LogP contribution in [-0.2, 0) is 11.2 Å². The molecule has 0 spiro atoms. The first-order chi connectivity index (χ1) is 21.4. The van der Waals surface area contributed by atoms with Crippen LogP contribution in [0.2, 0.25) is 0 Å². The Hall–Kier alpha value is -3.54. The molecule has 11 heteroatoms. The fourth-order valence-electron chi connectivity index (χ4n) is 8.17. The number of pyridine rings is 1. The molecule has 4 aliphatic heterocycles. The van der Waals surface area contributed by atoms with Crippen molar-refractivity contribution in [3.05, 3.63) is 41.2 Å². The van der Waals surface area contributed by atoms with Crippen LogP contribution >= 0.6 is 0 Å². The Balaban J connectivity index is 1.30. The number of hydrogen-bond donors (Lipinski definition) is 2. The van der Waals surface area contributed by atoms with Crippen molar-refractivity contribution in [2.75, 3.05) is 57.6 Å². The number of hydrogen-bond acceptors (Lipinski definition) is 10. The molecule has 1 aromatic carbocycles. The smallest absolute Gasteiger partial charge is 0.319 e. The predicted octanol–water partition coefficient (Wildman–Crippen LogP) is 4.11. The molecule has 0 unspecified atom stereocenters. The van der Waals surface area contributed by atoms with Gasteiger partial charge in [-0.3, -0.25) is 4.90 Å². The van der Waals surface area contributed by atoms with Crippen LogP contribution in [0, 0.1) is 5.82 Å². The summed E-state index contributed by atoms with van der Waals surface area (Å²) >= 11 is 0. The van der Waals surface area contributed by atoms with E-state index in [4.69, 9.17) is 29.2 Å². The normalized spacial score (nSPS) is 26.5. The maximum Gasteiger partial charge on any atom is 0.319 e. The molecule has 0 radical (unpaired) electrons. The van der Waals surface area contributed by atoms with E-state index in [0.29, 0.717) is 43.1 Å². The van der Waals surface area contributed by atoms with E-state index in [9.17, 15) is 10.2 Å². The van der Waals surface area contributed by atoms with Crippen molar-refractivity contribution in [2.24, 2.45) is 0 Å². The molecule has 3 atom stereocenters. The first-order valence-corrected chi connectivity index (χ1v) is 15.8. The van der Waals surface area contributed by atoms with Crippen LogP contribution in [0.3, 0.4) is 0 Å². The Morgan fingerprint density at radius 3 is 2.93 bits per heavy atom. The Morgan fingerprint density at radius 2 is 2.05 bits per heavy atom. The molecular formula is C33H38FN5O5. The summed E-state index contributed by atoms with van der Waals surface area (Å²) in [6, 6.07) is 3.22. The summed E-state index contributed by atoms with van der Waals surface area (Å²) in [5.41, 5.74) is 3.34. The summed E-state index contributed by atoms with van der Waals surface area (Å²) in [6.45, 7) is 8.46. The van der Waals surface area contributed by atoms with Crippen molar-refractivity contribution in [1.29, 1.82) is 0 Å². The zero-order valence-corrected chi connectivity index (χ0v) is 24.9. The van der Waals surface area contributed by atoms with Crippen LogP contribution in [0.15, 0.2) is 24.3 Å². The van der Waals surface area contributed by atoms with Gasteiger partial charge in [-0.05, 0) is 74.8 Å². The van der Waals surface area contributed by atoms with Gasteiger partial charge in [-0.2, -0.15) is 9.97 Å². The van der Waals surface area contributed by atoms with Gasteiger partial charge in [0.05, 0.1) is 18.2 Å². The van der Waals surface area contributed by atoms with Crippen molar-refractivity contribution in [1.82, 2.24) is 19.9 Å². The minimum Gasteiger partial charge on any atom is -0.508 e. The maximum atomic E-state index is 17.0. The van der Waals surface area contributed by atoms with Gasteiger partial charge in [0.2, 0.25) is 5.88 Å². The molecule has 0 saturated carbocycles. The molecule has 3 saturated heterocycles. The van der Waals surface area contributed by atoms with E-state index in [0.717, 1.165) is 69.2 Å². The van der Waals surface area contributed by atoms with Gasteiger partial charge in [0.25, 0.3) is 0 Å². The third-order valence-electron chi connectivity index (χ3n) is 10.2. The van der Waals surface area contributed by atoms with Gasteiger partial charge in [-0.15, -0.1) is 0 Å². The average molecular weight is 604 g/mol. The minimum absolute atomic E-state index is 0.0295. The standard InChI is InChI=1S/C33H38FN5O5/c1-19-13-33(7-3-8-38(33)14-19)18-44-32-36-29-26-30(37-32)39-9-4-10-42-16-22(39)17-43-31(26)35-28(27(29)34)24-12-23(41)11-20-5-2-6-21(15-40)25(20)24/h11-12,21-22,40-41H,1-10,13-18H2/t21-,22-,33-/m0/s1. The van der Waals surface area contributed by atoms with E-state index in [-0.39, 0.29) is 59.6 Å². The van der Waals surface area contributed by atoms with Gasteiger partial charge in [-0.25, -0.2) is 9.37 Å². The number of anilines is 1. The second kappa shape index (κ2) is 10.8. The quantitative estimate of drug-likeness (QED) is 0.413. The molecule has 6 heterocycles. The molecule has 3 fully saturated rings. The molecule has 10 nitrogen and oxygen atoms in total. The summed E-state index contributed by atoms with van der Waals surface area (Å²) in [6.07, 6.45) is 6.15.